The van der Waals surface area contributed by atoms with Gasteiger partial charge >= 0.3 is 6.03 Å². The van der Waals surface area contributed by atoms with Gasteiger partial charge in [-0.05, 0) is 31.9 Å². The first-order chi connectivity index (χ1) is 8.22. The van der Waals surface area contributed by atoms with E-state index in [0.29, 0.717) is 13.0 Å². The highest BCUT2D eigenvalue weighted by molar-refractivity contribution is 5.74. The summed E-state index contributed by atoms with van der Waals surface area (Å²) < 4.78 is 2.01. The molecule has 1 rings (SSSR count). The lowest BCUT2D eigenvalue weighted by Crippen LogP contribution is -2.41. The number of hydrogen-bond acceptors (Lipinski definition) is 2. The van der Waals surface area contributed by atoms with Crippen LogP contribution in [0.4, 0.5) is 4.79 Å². The van der Waals surface area contributed by atoms with E-state index in [4.69, 9.17) is 5.11 Å². The quantitative estimate of drug-likeness (QED) is 0.663. The number of urea groups is 1. The minimum Gasteiger partial charge on any atom is -0.396 e. The van der Waals surface area contributed by atoms with Crippen molar-refractivity contribution < 1.29 is 9.90 Å². The minimum absolute atomic E-state index is 0.0914. The van der Waals surface area contributed by atoms with Crippen LogP contribution in [0.15, 0.2) is 24.5 Å². The number of aliphatic hydroxyl groups excluding tert-OH is 1. The Morgan fingerprint density at radius 1 is 1.41 bits per heavy atom. The van der Waals surface area contributed by atoms with Gasteiger partial charge in [0.25, 0.3) is 0 Å². The summed E-state index contributed by atoms with van der Waals surface area (Å²) in [6, 6.07) is 3.85. The Bertz CT molecular complexity index is 312. The van der Waals surface area contributed by atoms with Crippen LogP contribution >= 0.6 is 0 Å². The third-order valence-corrected chi connectivity index (χ3v) is 2.49. The van der Waals surface area contributed by atoms with Gasteiger partial charge in [-0.3, -0.25) is 0 Å². The molecule has 2 amide bonds. The van der Waals surface area contributed by atoms with E-state index < -0.39 is 0 Å². The molecule has 1 heterocycles. The topological polar surface area (TPSA) is 66.3 Å². The molecule has 0 spiro atoms. The lowest BCUT2D eigenvalue weighted by Gasteiger charge is -2.14. The Kier molecular flexibility index (Phi) is 6.17. The fourth-order valence-electron chi connectivity index (χ4n) is 1.56. The fourth-order valence-corrected chi connectivity index (χ4v) is 1.56. The van der Waals surface area contributed by atoms with E-state index in [1.807, 2.05) is 36.0 Å². The van der Waals surface area contributed by atoms with Crippen molar-refractivity contribution in [3.8, 4) is 0 Å². The van der Waals surface area contributed by atoms with E-state index in [1.54, 1.807) is 0 Å². The molecule has 96 valence electrons. The van der Waals surface area contributed by atoms with Gasteiger partial charge in [-0.25, -0.2) is 4.79 Å². The van der Waals surface area contributed by atoms with Crippen LogP contribution in [-0.2, 0) is 6.54 Å². The van der Waals surface area contributed by atoms with Gasteiger partial charge in [0.2, 0.25) is 0 Å². The summed E-state index contributed by atoms with van der Waals surface area (Å²) in [5, 5.41) is 14.3. The van der Waals surface area contributed by atoms with Crippen LogP contribution in [-0.4, -0.2) is 34.9 Å². The SMILES string of the molecule is CC(CCCO)NC(=O)NCCn1cccc1. The van der Waals surface area contributed by atoms with Gasteiger partial charge in [-0.1, -0.05) is 0 Å². The Labute approximate surface area is 102 Å². The van der Waals surface area contributed by atoms with E-state index in [2.05, 4.69) is 10.6 Å². The molecule has 0 aliphatic carbocycles. The van der Waals surface area contributed by atoms with Gasteiger partial charge in [0.05, 0.1) is 0 Å². The van der Waals surface area contributed by atoms with Crippen LogP contribution in [0.5, 0.6) is 0 Å². The molecule has 0 fully saturated rings. The number of aromatic nitrogens is 1. The molecule has 0 radical (unpaired) electrons. The third-order valence-electron chi connectivity index (χ3n) is 2.49. The Morgan fingerprint density at radius 3 is 2.76 bits per heavy atom. The Morgan fingerprint density at radius 2 is 2.12 bits per heavy atom. The first kappa shape index (κ1) is 13.6. The zero-order chi connectivity index (χ0) is 12.5. The summed E-state index contributed by atoms with van der Waals surface area (Å²) in [6.45, 7) is 3.47. The molecule has 0 aromatic carbocycles. The van der Waals surface area contributed by atoms with Gasteiger partial charge < -0.3 is 20.3 Å². The summed E-state index contributed by atoms with van der Waals surface area (Å²) in [5.74, 6) is 0. The number of aliphatic hydroxyl groups is 1. The number of carbonyl (C=O) groups is 1. The summed E-state index contributed by atoms with van der Waals surface area (Å²) in [7, 11) is 0. The molecule has 5 nitrogen and oxygen atoms in total. The second-order valence-corrected chi connectivity index (χ2v) is 4.09. The maximum atomic E-state index is 11.5. The van der Waals surface area contributed by atoms with Crippen molar-refractivity contribution in [2.75, 3.05) is 13.2 Å². The van der Waals surface area contributed by atoms with Crippen LogP contribution < -0.4 is 10.6 Å². The largest absolute Gasteiger partial charge is 0.396 e. The maximum absolute atomic E-state index is 11.5. The molecule has 0 bridgehead atoms. The molecule has 1 aromatic heterocycles. The summed E-state index contributed by atoms with van der Waals surface area (Å²) in [4.78, 5) is 11.5. The summed E-state index contributed by atoms with van der Waals surface area (Å²) >= 11 is 0. The van der Waals surface area contributed by atoms with Gasteiger partial charge in [0.1, 0.15) is 0 Å². The van der Waals surface area contributed by atoms with Crippen LogP contribution in [0.2, 0.25) is 0 Å². The molecule has 1 atom stereocenters. The van der Waals surface area contributed by atoms with Crippen molar-refractivity contribution >= 4 is 6.03 Å². The zero-order valence-electron chi connectivity index (χ0n) is 10.2. The van der Waals surface area contributed by atoms with E-state index in [0.717, 1.165) is 13.0 Å². The molecule has 5 heteroatoms. The monoisotopic (exact) mass is 239 g/mol. The predicted molar refractivity (Wildman–Crippen MR) is 66.7 cm³/mol. The van der Waals surface area contributed by atoms with Crippen LogP contribution in [0.1, 0.15) is 19.8 Å². The highest BCUT2D eigenvalue weighted by atomic mass is 16.3. The van der Waals surface area contributed by atoms with E-state index in [9.17, 15) is 4.79 Å². The van der Waals surface area contributed by atoms with Crippen molar-refractivity contribution in [2.24, 2.45) is 0 Å². The number of carbonyl (C=O) groups excluding carboxylic acids is 1. The first-order valence-electron chi connectivity index (χ1n) is 5.98. The smallest absolute Gasteiger partial charge is 0.315 e. The molecule has 0 saturated heterocycles. The first-order valence-corrected chi connectivity index (χ1v) is 5.98. The van der Waals surface area contributed by atoms with Crippen LogP contribution in [0.25, 0.3) is 0 Å². The van der Waals surface area contributed by atoms with Gasteiger partial charge in [0.15, 0.2) is 0 Å². The average Bonchev–Trinajstić information content (AvgIpc) is 2.79. The molecule has 1 unspecified atom stereocenters. The van der Waals surface area contributed by atoms with Gasteiger partial charge in [-0.2, -0.15) is 0 Å². The highest BCUT2D eigenvalue weighted by Gasteiger charge is 2.05. The lowest BCUT2D eigenvalue weighted by molar-refractivity contribution is 0.234. The second-order valence-electron chi connectivity index (χ2n) is 4.09. The van der Waals surface area contributed by atoms with Gasteiger partial charge in [0, 0.05) is 38.1 Å². The highest BCUT2D eigenvalue weighted by Crippen LogP contribution is 1.94. The van der Waals surface area contributed by atoms with Gasteiger partial charge in [-0.15, -0.1) is 0 Å². The van der Waals surface area contributed by atoms with Crippen molar-refractivity contribution in [1.82, 2.24) is 15.2 Å². The third kappa shape index (κ3) is 5.97. The minimum atomic E-state index is -0.150. The summed E-state index contributed by atoms with van der Waals surface area (Å²) in [5.41, 5.74) is 0. The lowest BCUT2D eigenvalue weighted by atomic mass is 10.2. The normalized spacial score (nSPS) is 12.1. The van der Waals surface area contributed by atoms with Crippen LogP contribution in [0, 0.1) is 0 Å². The van der Waals surface area contributed by atoms with E-state index in [1.165, 1.54) is 0 Å². The van der Waals surface area contributed by atoms with Crippen molar-refractivity contribution in [3.05, 3.63) is 24.5 Å². The fraction of sp³-hybridized carbons (Fsp3) is 0.583. The van der Waals surface area contributed by atoms with Crippen molar-refractivity contribution in [1.29, 1.82) is 0 Å². The Balaban J connectivity index is 2.08. The van der Waals surface area contributed by atoms with E-state index >= 15 is 0 Å². The standard InChI is InChI=1S/C12H21N3O2/c1-11(5-4-10-16)14-12(17)13-6-9-15-7-2-3-8-15/h2-3,7-8,11,16H,4-6,9-10H2,1H3,(H2,13,14,17). The van der Waals surface area contributed by atoms with Crippen LogP contribution in [0.3, 0.4) is 0 Å². The number of nitrogens with one attached hydrogen (secondary N) is 2. The molecule has 0 aliphatic rings. The predicted octanol–water partition coefficient (Wildman–Crippen LogP) is 0.948. The number of nitrogens with zero attached hydrogens (tertiary/aromatic N) is 1. The Hall–Kier alpha value is -1.49. The molecule has 0 aliphatic heterocycles. The molecule has 17 heavy (non-hydrogen) atoms. The zero-order valence-corrected chi connectivity index (χ0v) is 10.2. The maximum Gasteiger partial charge on any atom is 0.315 e. The average molecular weight is 239 g/mol. The molecule has 3 N–H and O–H groups in total. The summed E-state index contributed by atoms with van der Waals surface area (Å²) in [6.07, 6.45) is 5.43. The molecular formula is C12H21N3O2. The number of rotatable bonds is 7. The van der Waals surface area contributed by atoms with Crippen molar-refractivity contribution in [3.63, 3.8) is 0 Å². The number of hydrogen-bond donors (Lipinski definition) is 3. The van der Waals surface area contributed by atoms with Crippen molar-refractivity contribution in [2.45, 2.75) is 32.4 Å². The second kappa shape index (κ2) is 7.73. The van der Waals surface area contributed by atoms with E-state index in [-0.39, 0.29) is 18.7 Å². The molecule has 0 saturated carbocycles. The number of amides is 2. The molecular weight excluding hydrogens is 218 g/mol. The molecule has 1 aromatic rings.